The molecule has 9 atom stereocenters. The van der Waals surface area contributed by atoms with Crippen LogP contribution in [0.4, 0.5) is 0 Å². The van der Waals surface area contributed by atoms with Crippen molar-refractivity contribution in [2.75, 3.05) is 13.2 Å². The van der Waals surface area contributed by atoms with Crippen LogP contribution in [0.5, 0.6) is 0 Å². The third kappa shape index (κ3) is 16.6. The fourth-order valence-corrected chi connectivity index (χ4v) is 10.7. The molecule has 0 aromatic heterocycles. The van der Waals surface area contributed by atoms with Gasteiger partial charge in [0, 0.05) is 12.0 Å². The van der Waals surface area contributed by atoms with Gasteiger partial charge in [0.1, 0.15) is 30.5 Å². The molecule has 1 fully saturated rings. The Kier molecular flexibility index (Phi) is 21.0. The SMILES string of the molecule is C1=C(COCc2ccccc2)[C@@H](OCc2ccccc2)[C@H](OCc2ccccc2)[C@@H](OCc2ccccc2)[C@H]1N[C@H]1C[C@H](COCc2ccccc2)[C@@H](OCc2ccccc2)[C@H](OCc2ccccc2)[C@H]1OCc1ccccc1. The highest BCUT2D eigenvalue weighted by molar-refractivity contribution is 5.27. The van der Waals surface area contributed by atoms with Gasteiger partial charge in [0.25, 0.3) is 0 Å². The van der Waals surface area contributed by atoms with Crippen LogP contribution in [-0.2, 0) is 90.7 Å². The summed E-state index contributed by atoms with van der Waals surface area (Å²) in [6, 6.07) is 81.9. The maximum absolute atomic E-state index is 7.32. The lowest BCUT2D eigenvalue weighted by atomic mass is 9.78. The van der Waals surface area contributed by atoms with Gasteiger partial charge in [0.15, 0.2) is 0 Å². The topological polar surface area (TPSA) is 85.9 Å². The summed E-state index contributed by atoms with van der Waals surface area (Å²) in [5.74, 6) is -0.126. The van der Waals surface area contributed by atoms with E-state index >= 15 is 0 Å². The van der Waals surface area contributed by atoms with Crippen molar-refractivity contribution in [3.8, 4) is 0 Å². The number of ether oxygens (including phenoxy) is 8. The van der Waals surface area contributed by atoms with Crippen LogP contribution in [0.2, 0.25) is 0 Å². The number of rotatable bonds is 28. The Morgan fingerprint density at radius 3 is 1.01 bits per heavy atom. The first-order valence-corrected chi connectivity index (χ1v) is 27.8. The number of hydrogen-bond donors (Lipinski definition) is 1. The van der Waals surface area contributed by atoms with Crippen LogP contribution in [0.1, 0.15) is 50.9 Å². The third-order valence-corrected chi connectivity index (χ3v) is 14.7. The van der Waals surface area contributed by atoms with Crippen LogP contribution in [0.15, 0.2) is 254 Å². The van der Waals surface area contributed by atoms with Crippen molar-refractivity contribution < 1.29 is 37.9 Å². The largest absolute Gasteiger partial charge is 0.376 e. The summed E-state index contributed by atoms with van der Waals surface area (Å²) < 4.78 is 56.9. The van der Waals surface area contributed by atoms with Crippen molar-refractivity contribution in [1.82, 2.24) is 5.32 Å². The fraction of sp³-hybridized carbons (Fsp3) is 0.286. The number of hydrogen-bond acceptors (Lipinski definition) is 9. The summed E-state index contributed by atoms with van der Waals surface area (Å²) >= 11 is 0. The summed E-state index contributed by atoms with van der Waals surface area (Å²) in [6.45, 7) is 3.79. The molecule has 0 amide bonds. The average Bonchev–Trinajstić information content (AvgIpc) is 3.60. The molecule has 1 saturated carbocycles. The van der Waals surface area contributed by atoms with Crippen LogP contribution in [-0.4, -0.2) is 61.9 Å². The molecule has 10 rings (SSSR count). The van der Waals surface area contributed by atoms with Crippen molar-refractivity contribution in [2.45, 2.75) is 108 Å². The lowest BCUT2D eigenvalue weighted by molar-refractivity contribution is -0.206. The minimum atomic E-state index is -0.588. The molecule has 79 heavy (non-hydrogen) atoms. The first-order chi connectivity index (χ1) is 39.2. The molecule has 0 unspecified atom stereocenters. The quantitative estimate of drug-likeness (QED) is 0.0482. The van der Waals surface area contributed by atoms with E-state index in [0.717, 1.165) is 50.1 Å². The highest BCUT2D eigenvalue weighted by atomic mass is 16.6. The van der Waals surface area contributed by atoms with Gasteiger partial charge in [0.2, 0.25) is 0 Å². The second-order valence-corrected chi connectivity index (χ2v) is 20.5. The number of nitrogens with one attached hydrogen (secondary N) is 1. The summed E-state index contributed by atoms with van der Waals surface area (Å²) in [6.07, 6.45) is -0.218. The van der Waals surface area contributed by atoms with Gasteiger partial charge in [-0.05, 0) is 56.5 Å². The Morgan fingerprint density at radius 2 is 0.608 bits per heavy atom. The van der Waals surface area contributed by atoms with E-state index in [-0.39, 0.29) is 12.0 Å². The summed E-state index contributed by atoms with van der Waals surface area (Å²) in [4.78, 5) is 0. The molecule has 9 heteroatoms. The van der Waals surface area contributed by atoms with Gasteiger partial charge in [-0.3, -0.25) is 0 Å². The van der Waals surface area contributed by atoms with Crippen LogP contribution in [0, 0.1) is 5.92 Å². The fourth-order valence-electron chi connectivity index (χ4n) is 10.7. The van der Waals surface area contributed by atoms with E-state index in [1.54, 1.807) is 0 Å². The zero-order valence-corrected chi connectivity index (χ0v) is 44.9. The van der Waals surface area contributed by atoms with E-state index in [4.69, 9.17) is 37.9 Å². The molecule has 0 saturated heterocycles. The Hall–Kier alpha value is -6.86. The van der Waals surface area contributed by atoms with Gasteiger partial charge in [0.05, 0.1) is 78.2 Å². The van der Waals surface area contributed by atoms with E-state index in [1.807, 2.05) is 84.9 Å². The van der Waals surface area contributed by atoms with Gasteiger partial charge in [-0.25, -0.2) is 0 Å². The van der Waals surface area contributed by atoms with Gasteiger partial charge >= 0.3 is 0 Å². The van der Waals surface area contributed by atoms with E-state index in [0.29, 0.717) is 72.5 Å². The molecule has 0 radical (unpaired) electrons. The Morgan fingerprint density at radius 1 is 0.291 bits per heavy atom. The molecule has 0 heterocycles. The zero-order valence-electron chi connectivity index (χ0n) is 44.9. The Bertz CT molecular complexity index is 2960. The molecule has 1 N–H and O–H groups in total. The third-order valence-electron chi connectivity index (χ3n) is 14.7. The minimum Gasteiger partial charge on any atom is -0.376 e. The molecule has 8 aromatic rings. The molecular formula is C70H73NO8. The van der Waals surface area contributed by atoms with Crippen LogP contribution in [0.3, 0.4) is 0 Å². The van der Waals surface area contributed by atoms with E-state index in [1.165, 1.54) is 0 Å². The first-order valence-electron chi connectivity index (χ1n) is 27.8. The predicted octanol–water partition coefficient (Wildman–Crippen LogP) is 13.2. The molecule has 0 aliphatic heterocycles. The van der Waals surface area contributed by atoms with Gasteiger partial charge in [-0.15, -0.1) is 0 Å². The summed E-state index contributed by atoms with van der Waals surface area (Å²) in [5, 5.41) is 4.24. The lowest BCUT2D eigenvalue weighted by Gasteiger charge is -2.49. The molecule has 8 aromatic carbocycles. The molecule has 2 aliphatic rings. The highest BCUT2D eigenvalue weighted by Crippen LogP contribution is 2.37. The predicted molar refractivity (Wildman–Crippen MR) is 309 cm³/mol. The summed E-state index contributed by atoms with van der Waals surface area (Å²) in [7, 11) is 0. The maximum atomic E-state index is 7.32. The number of benzene rings is 8. The molecular weight excluding hydrogens is 983 g/mol. The Balaban J connectivity index is 1.06. The van der Waals surface area contributed by atoms with Crippen LogP contribution < -0.4 is 5.32 Å². The van der Waals surface area contributed by atoms with Crippen molar-refractivity contribution in [2.24, 2.45) is 5.92 Å². The van der Waals surface area contributed by atoms with Gasteiger partial charge in [-0.1, -0.05) is 249 Å². The molecule has 406 valence electrons. The summed E-state index contributed by atoms with van der Waals surface area (Å²) in [5.41, 5.74) is 9.51. The second kappa shape index (κ2) is 29.9. The van der Waals surface area contributed by atoms with Crippen LogP contribution in [0.25, 0.3) is 0 Å². The molecule has 0 spiro atoms. The molecule has 9 nitrogen and oxygen atoms in total. The van der Waals surface area contributed by atoms with Crippen molar-refractivity contribution in [3.63, 3.8) is 0 Å². The first kappa shape index (κ1) is 55.5. The maximum Gasteiger partial charge on any atom is 0.116 e. The van der Waals surface area contributed by atoms with Gasteiger partial charge < -0.3 is 43.2 Å². The van der Waals surface area contributed by atoms with E-state index < -0.39 is 42.7 Å². The van der Waals surface area contributed by atoms with E-state index in [9.17, 15) is 0 Å². The van der Waals surface area contributed by atoms with Crippen LogP contribution >= 0.6 is 0 Å². The lowest BCUT2D eigenvalue weighted by Crippen LogP contribution is -2.65. The Labute approximate surface area is 467 Å². The second-order valence-electron chi connectivity index (χ2n) is 20.5. The van der Waals surface area contributed by atoms with Crippen molar-refractivity contribution in [1.29, 1.82) is 0 Å². The normalized spacial score (nSPS) is 22.0. The molecule has 0 bridgehead atoms. The van der Waals surface area contributed by atoms with Crippen molar-refractivity contribution in [3.05, 3.63) is 299 Å². The smallest absolute Gasteiger partial charge is 0.116 e. The van der Waals surface area contributed by atoms with Gasteiger partial charge in [-0.2, -0.15) is 0 Å². The average molecular weight is 1060 g/mol. The molecule has 2 aliphatic carbocycles. The monoisotopic (exact) mass is 1060 g/mol. The highest BCUT2D eigenvalue weighted by Gasteiger charge is 2.50. The zero-order chi connectivity index (χ0) is 53.5. The van der Waals surface area contributed by atoms with E-state index in [2.05, 4.69) is 169 Å². The van der Waals surface area contributed by atoms with Crippen molar-refractivity contribution >= 4 is 0 Å². The standard InChI is InChI=1S/C70H73NO8/c1-9-25-53(26-10-1)43-72-51-61-41-63(67(76-47-57-33-17-5-18-34-57)69(78-49-59-37-21-7-22-38-59)65(61)74-45-55-29-13-3-14-30-55)71-64-42-62(52-73-44-54-27-11-2-12-28-54)66(75-46-56-31-15-4-16-32-56)70(79-50-60-39-23-8-24-40-60)68(64)77-48-58-35-19-6-20-36-58/h1-41,62-71H,42-52H2/t62-,63+,64+,65-,66-,67+,68+,69+,70+/m1/s1. The minimum absolute atomic E-state index is 0.126.